The van der Waals surface area contributed by atoms with Crippen LogP contribution in [0.4, 0.5) is 10.7 Å². The van der Waals surface area contributed by atoms with Gasteiger partial charge in [-0.3, -0.25) is 14.9 Å². The Morgan fingerprint density at radius 3 is 2.52 bits per heavy atom. The number of hydrogen-bond donors (Lipinski definition) is 1. The average molecular weight is 402 g/mol. The Balaban J connectivity index is 1.98. The van der Waals surface area contributed by atoms with Crippen molar-refractivity contribution in [3.05, 3.63) is 67.7 Å². The molecule has 0 bridgehead atoms. The van der Waals surface area contributed by atoms with Gasteiger partial charge in [0.05, 0.1) is 16.4 Å². The van der Waals surface area contributed by atoms with Crippen LogP contribution >= 0.6 is 22.7 Å². The predicted molar refractivity (Wildman–Crippen MR) is 105 cm³/mol. The molecule has 1 N–H and O–H groups in total. The molecule has 0 fully saturated rings. The summed E-state index contributed by atoms with van der Waals surface area (Å²) in [5.41, 5.74) is 1.37. The fraction of sp³-hybridized carbons (Fsp3) is 0.111. The standard InChI is InChI=1S/C18H14N2O5S2/c1-2-25-18(22)15-13(11-5-7-12(8-6-11)20(23)24)10-27-17(15)19-16(21)14-4-3-9-26-14/h3-10H,2H2,1H3,(H,19,21). The summed E-state index contributed by atoms with van der Waals surface area (Å²) < 4.78 is 5.13. The number of rotatable bonds is 6. The van der Waals surface area contributed by atoms with Crippen molar-refractivity contribution in [2.24, 2.45) is 0 Å². The Labute approximate surface area is 162 Å². The van der Waals surface area contributed by atoms with Crippen LogP contribution in [0.1, 0.15) is 27.0 Å². The van der Waals surface area contributed by atoms with Crippen molar-refractivity contribution in [1.29, 1.82) is 0 Å². The summed E-state index contributed by atoms with van der Waals surface area (Å²) in [5.74, 6) is -0.874. The van der Waals surface area contributed by atoms with Gasteiger partial charge in [-0.1, -0.05) is 6.07 Å². The molecule has 138 valence electrons. The highest BCUT2D eigenvalue weighted by molar-refractivity contribution is 7.15. The van der Waals surface area contributed by atoms with E-state index in [1.807, 2.05) is 0 Å². The third-order valence-corrected chi connectivity index (χ3v) is 5.40. The smallest absolute Gasteiger partial charge is 0.341 e. The molecule has 0 atom stereocenters. The largest absolute Gasteiger partial charge is 0.462 e. The number of anilines is 1. The van der Waals surface area contributed by atoms with Gasteiger partial charge < -0.3 is 10.1 Å². The molecule has 0 saturated heterocycles. The van der Waals surface area contributed by atoms with Gasteiger partial charge in [-0.2, -0.15) is 0 Å². The third kappa shape index (κ3) is 4.04. The van der Waals surface area contributed by atoms with Crippen LogP contribution in [0.5, 0.6) is 0 Å². The molecule has 1 amide bonds. The van der Waals surface area contributed by atoms with Gasteiger partial charge in [0.2, 0.25) is 0 Å². The first kappa shape index (κ1) is 18.7. The fourth-order valence-corrected chi connectivity index (χ4v) is 3.97. The lowest BCUT2D eigenvalue weighted by atomic mass is 10.0. The summed E-state index contributed by atoms with van der Waals surface area (Å²) in [6.07, 6.45) is 0. The number of nitrogens with one attached hydrogen (secondary N) is 1. The van der Waals surface area contributed by atoms with Crippen LogP contribution < -0.4 is 5.32 Å². The lowest BCUT2D eigenvalue weighted by Gasteiger charge is -2.08. The Bertz CT molecular complexity index is 978. The molecule has 7 nitrogen and oxygen atoms in total. The highest BCUT2D eigenvalue weighted by atomic mass is 32.1. The highest BCUT2D eigenvalue weighted by Crippen LogP contribution is 2.37. The number of amides is 1. The normalized spacial score (nSPS) is 10.4. The van der Waals surface area contributed by atoms with Crippen LogP contribution in [-0.4, -0.2) is 23.4 Å². The van der Waals surface area contributed by atoms with E-state index in [0.717, 1.165) is 0 Å². The fourth-order valence-electron chi connectivity index (χ4n) is 2.40. The maximum Gasteiger partial charge on any atom is 0.341 e. The number of thiophene rings is 2. The SMILES string of the molecule is CCOC(=O)c1c(-c2ccc([N+](=O)[O-])cc2)csc1NC(=O)c1cccs1. The van der Waals surface area contributed by atoms with E-state index in [-0.39, 0.29) is 23.8 Å². The number of nitro groups is 1. The Morgan fingerprint density at radius 1 is 1.19 bits per heavy atom. The average Bonchev–Trinajstić information content (AvgIpc) is 3.32. The minimum Gasteiger partial charge on any atom is -0.462 e. The van der Waals surface area contributed by atoms with E-state index >= 15 is 0 Å². The summed E-state index contributed by atoms with van der Waals surface area (Å²) in [4.78, 5) is 35.7. The Kier molecular flexibility index (Phi) is 5.63. The number of hydrogen-bond acceptors (Lipinski definition) is 7. The van der Waals surface area contributed by atoms with Crippen LogP contribution in [0.25, 0.3) is 11.1 Å². The Hall–Kier alpha value is -3.04. The van der Waals surface area contributed by atoms with Crippen molar-refractivity contribution < 1.29 is 19.2 Å². The second-order valence-electron chi connectivity index (χ2n) is 5.31. The van der Waals surface area contributed by atoms with Crippen LogP contribution in [0.2, 0.25) is 0 Å². The molecule has 0 unspecified atom stereocenters. The van der Waals surface area contributed by atoms with Crippen molar-refractivity contribution in [1.82, 2.24) is 0 Å². The van der Waals surface area contributed by atoms with Crippen molar-refractivity contribution in [2.75, 3.05) is 11.9 Å². The molecule has 27 heavy (non-hydrogen) atoms. The van der Waals surface area contributed by atoms with E-state index in [0.29, 0.717) is 21.0 Å². The molecule has 2 heterocycles. The molecular formula is C18H14N2O5S2. The summed E-state index contributed by atoms with van der Waals surface area (Å²) in [6.45, 7) is 1.88. The molecule has 0 aliphatic rings. The van der Waals surface area contributed by atoms with E-state index < -0.39 is 10.9 Å². The highest BCUT2D eigenvalue weighted by Gasteiger charge is 2.23. The zero-order valence-corrected chi connectivity index (χ0v) is 15.8. The second kappa shape index (κ2) is 8.11. The van der Waals surface area contributed by atoms with Gasteiger partial charge in [0, 0.05) is 23.1 Å². The number of nitro benzene ring substituents is 1. The number of non-ortho nitro benzene ring substituents is 1. The number of ether oxygens (including phenoxy) is 1. The monoisotopic (exact) mass is 402 g/mol. The van der Waals surface area contributed by atoms with E-state index in [1.54, 1.807) is 41.9 Å². The minimum absolute atomic E-state index is 0.0436. The van der Waals surface area contributed by atoms with Gasteiger partial charge in [-0.25, -0.2) is 4.79 Å². The molecule has 0 saturated carbocycles. The van der Waals surface area contributed by atoms with Gasteiger partial charge in [-0.15, -0.1) is 22.7 Å². The first-order valence-corrected chi connectivity index (χ1v) is 9.65. The summed E-state index contributed by atoms with van der Waals surface area (Å²) in [6, 6.07) is 9.32. The molecule has 2 aromatic heterocycles. The maximum atomic E-state index is 12.5. The van der Waals surface area contributed by atoms with E-state index in [1.165, 1.54) is 34.8 Å². The van der Waals surface area contributed by atoms with Crippen LogP contribution in [-0.2, 0) is 4.74 Å². The van der Waals surface area contributed by atoms with Crippen molar-refractivity contribution >= 4 is 45.2 Å². The van der Waals surface area contributed by atoms with Crippen LogP contribution in [0, 0.1) is 10.1 Å². The lowest BCUT2D eigenvalue weighted by molar-refractivity contribution is -0.384. The third-order valence-electron chi connectivity index (χ3n) is 3.63. The minimum atomic E-state index is -0.561. The van der Waals surface area contributed by atoms with Gasteiger partial charge in [-0.05, 0) is 36.1 Å². The molecule has 3 rings (SSSR count). The van der Waals surface area contributed by atoms with E-state index in [2.05, 4.69) is 5.32 Å². The van der Waals surface area contributed by atoms with Gasteiger partial charge in [0.1, 0.15) is 10.6 Å². The van der Waals surface area contributed by atoms with Crippen LogP contribution in [0.3, 0.4) is 0 Å². The van der Waals surface area contributed by atoms with E-state index in [9.17, 15) is 19.7 Å². The zero-order chi connectivity index (χ0) is 19.4. The number of benzene rings is 1. The summed E-state index contributed by atoms with van der Waals surface area (Å²) in [5, 5.41) is 17.5. The van der Waals surface area contributed by atoms with Gasteiger partial charge >= 0.3 is 5.97 Å². The molecule has 0 spiro atoms. The molecular weight excluding hydrogens is 388 g/mol. The number of carbonyl (C=O) groups excluding carboxylic acids is 2. The Morgan fingerprint density at radius 2 is 1.93 bits per heavy atom. The molecule has 0 radical (unpaired) electrons. The molecule has 3 aromatic rings. The molecule has 0 aliphatic carbocycles. The number of esters is 1. The topological polar surface area (TPSA) is 98.5 Å². The molecule has 9 heteroatoms. The summed E-state index contributed by atoms with van der Waals surface area (Å²) >= 11 is 2.49. The quantitative estimate of drug-likeness (QED) is 0.362. The molecule has 0 aliphatic heterocycles. The molecule has 1 aromatic carbocycles. The van der Waals surface area contributed by atoms with Crippen molar-refractivity contribution in [3.8, 4) is 11.1 Å². The van der Waals surface area contributed by atoms with Gasteiger partial charge in [0.25, 0.3) is 11.6 Å². The zero-order valence-electron chi connectivity index (χ0n) is 14.1. The number of carbonyl (C=O) groups is 2. The maximum absolute atomic E-state index is 12.5. The van der Waals surface area contributed by atoms with Crippen molar-refractivity contribution in [2.45, 2.75) is 6.92 Å². The second-order valence-corrected chi connectivity index (χ2v) is 7.14. The van der Waals surface area contributed by atoms with Gasteiger partial charge in [0.15, 0.2) is 0 Å². The first-order valence-electron chi connectivity index (χ1n) is 7.89. The number of nitrogens with zero attached hydrogens (tertiary/aromatic N) is 1. The van der Waals surface area contributed by atoms with Crippen LogP contribution in [0.15, 0.2) is 47.2 Å². The lowest BCUT2D eigenvalue weighted by Crippen LogP contribution is -2.13. The van der Waals surface area contributed by atoms with E-state index in [4.69, 9.17) is 4.74 Å². The predicted octanol–water partition coefficient (Wildman–Crippen LogP) is 4.81. The van der Waals surface area contributed by atoms with Crippen molar-refractivity contribution in [3.63, 3.8) is 0 Å². The summed E-state index contributed by atoms with van der Waals surface area (Å²) in [7, 11) is 0. The first-order chi connectivity index (χ1) is 13.0.